The van der Waals surface area contributed by atoms with Crippen molar-refractivity contribution in [2.24, 2.45) is 5.73 Å². The molecule has 1 aromatic rings. The van der Waals surface area contributed by atoms with E-state index in [0.29, 0.717) is 5.75 Å². The van der Waals surface area contributed by atoms with Crippen LogP contribution in [0.2, 0.25) is 0 Å². The summed E-state index contributed by atoms with van der Waals surface area (Å²) in [7, 11) is -0.529. The van der Waals surface area contributed by atoms with Crippen LogP contribution in [0.1, 0.15) is 0 Å². The highest BCUT2D eigenvalue weighted by atomic mass is 32.2. The van der Waals surface area contributed by atoms with Gasteiger partial charge in [-0.05, 0) is 26.2 Å². The van der Waals surface area contributed by atoms with Crippen LogP contribution in [-0.4, -0.2) is 39.0 Å². The number of nitrogens with two attached hydrogens (primary N) is 1. The van der Waals surface area contributed by atoms with Gasteiger partial charge in [0.15, 0.2) is 0 Å². The molecule has 0 aromatic heterocycles. The normalized spacial score (nSPS) is 15.1. The summed E-state index contributed by atoms with van der Waals surface area (Å²) in [6, 6.07) is 8.90. The molecule has 0 spiro atoms. The summed E-state index contributed by atoms with van der Waals surface area (Å²) in [5.41, 5.74) is 5.92. The number of benzene rings is 1. The SMILES string of the molecule is C=CS(=O)(=O)C(N)(COc1ccccc1)N(C)C. The first-order valence-electron chi connectivity index (χ1n) is 5.35. The molecule has 0 aliphatic carbocycles. The second kappa shape index (κ2) is 5.51. The lowest BCUT2D eigenvalue weighted by atomic mass is 10.3. The zero-order valence-electron chi connectivity index (χ0n) is 10.5. The standard InChI is InChI=1S/C12H18N2O3S/c1-4-18(15,16)12(13,14(2)3)10-17-11-8-6-5-7-9-11/h4-9H,1,10,13H2,2-3H3. The summed E-state index contributed by atoms with van der Waals surface area (Å²) in [5, 5.41) is 0.849. The van der Waals surface area contributed by atoms with Gasteiger partial charge in [-0.2, -0.15) is 0 Å². The average Bonchev–Trinajstić information content (AvgIpc) is 2.36. The maximum absolute atomic E-state index is 11.9. The van der Waals surface area contributed by atoms with E-state index in [1.807, 2.05) is 6.07 Å². The molecule has 0 saturated carbocycles. The van der Waals surface area contributed by atoms with Crippen molar-refractivity contribution in [3.8, 4) is 5.75 Å². The van der Waals surface area contributed by atoms with Crippen LogP contribution in [0.5, 0.6) is 5.75 Å². The Balaban J connectivity index is 2.92. The molecule has 1 aromatic carbocycles. The van der Waals surface area contributed by atoms with Crippen molar-refractivity contribution in [2.75, 3.05) is 20.7 Å². The van der Waals surface area contributed by atoms with E-state index in [1.54, 1.807) is 38.4 Å². The van der Waals surface area contributed by atoms with Crippen molar-refractivity contribution in [2.45, 2.75) is 4.99 Å². The molecule has 0 amide bonds. The van der Waals surface area contributed by atoms with Crippen LogP contribution in [0, 0.1) is 0 Å². The predicted molar refractivity (Wildman–Crippen MR) is 71.7 cm³/mol. The van der Waals surface area contributed by atoms with Gasteiger partial charge in [0, 0.05) is 5.41 Å². The lowest BCUT2D eigenvalue weighted by molar-refractivity contribution is 0.154. The molecule has 0 fully saturated rings. The van der Waals surface area contributed by atoms with Gasteiger partial charge < -0.3 is 4.74 Å². The molecule has 18 heavy (non-hydrogen) atoms. The Morgan fingerprint density at radius 2 is 1.94 bits per heavy atom. The zero-order chi connectivity index (χ0) is 13.8. The summed E-state index contributed by atoms with van der Waals surface area (Å²) < 4.78 is 29.3. The summed E-state index contributed by atoms with van der Waals surface area (Å²) in [6.07, 6.45) is 0. The summed E-state index contributed by atoms with van der Waals surface area (Å²) in [6.45, 7) is 3.10. The third-order valence-corrected chi connectivity index (χ3v) is 4.57. The minimum absolute atomic E-state index is 0.182. The van der Waals surface area contributed by atoms with Crippen molar-refractivity contribution in [1.29, 1.82) is 0 Å². The van der Waals surface area contributed by atoms with Gasteiger partial charge in [0.05, 0.1) is 0 Å². The fourth-order valence-electron chi connectivity index (χ4n) is 1.31. The highest BCUT2D eigenvalue weighted by Crippen LogP contribution is 2.18. The second-order valence-electron chi connectivity index (χ2n) is 4.05. The molecule has 1 rings (SSSR count). The van der Waals surface area contributed by atoms with Crippen molar-refractivity contribution in [3.63, 3.8) is 0 Å². The fraction of sp³-hybridized carbons (Fsp3) is 0.333. The minimum Gasteiger partial charge on any atom is -0.489 e. The lowest BCUT2D eigenvalue weighted by Crippen LogP contribution is -2.61. The van der Waals surface area contributed by atoms with Crippen molar-refractivity contribution in [3.05, 3.63) is 42.3 Å². The Labute approximate surface area is 108 Å². The number of likely N-dealkylation sites (N-methyl/N-ethyl adjacent to an activating group) is 1. The van der Waals surface area contributed by atoms with Crippen LogP contribution in [0.3, 0.4) is 0 Å². The maximum atomic E-state index is 11.9. The van der Waals surface area contributed by atoms with E-state index in [1.165, 1.54) is 4.90 Å². The van der Waals surface area contributed by atoms with E-state index in [4.69, 9.17) is 10.5 Å². The fourth-order valence-corrected chi connectivity index (χ4v) is 2.33. The topological polar surface area (TPSA) is 72.6 Å². The lowest BCUT2D eigenvalue weighted by Gasteiger charge is -2.33. The quantitative estimate of drug-likeness (QED) is 0.774. The number of rotatable bonds is 6. The monoisotopic (exact) mass is 270 g/mol. The molecule has 6 heteroatoms. The van der Waals surface area contributed by atoms with E-state index in [9.17, 15) is 8.42 Å². The van der Waals surface area contributed by atoms with Gasteiger partial charge >= 0.3 is 0 Å². The van der Waals surface area contributed by atoms with Crippen LogP contribution >= 0.6 is 0 Å². The summed E-state index contributed by atoms with van der Waals surface area (Å²) in [4.78, 5) is -0.239. The molecule has 0 aliphatic heterocycles. The van der Waals surface area contributed by atoms with Crippen molar-refractivity contribution >= 4 is 9.84 Å². The molecule has 2 N–H and O–H groups in total. The number of nitrogens with zero attached hydrogens (tertiary/aromatic N) is 1. The van der Waals surface area contributed by atoms with Gasteiger partial charge in [-0.25, -0.2) is 8.42 Å². The van der Waals surface area contributed by atoms with E-state index < -0.39 is 14.8 Å². The molecular formula is C12H18N2O3S. The number of sulfone groups is 1. The van der Waals surface area contributed by atoms with Gasteiger partial charge in [0.2, 0.25) is 14.8 Å². The Bertz CT molecular complexity index is 499. The first-order chi connectivity index (χ1) is 8.33. The van der Waals surface area contributed by atoms with E-state index in [2.05, 4.69) is 6.58 Å². The van der Waals surface area contributed by atoms with Crippen LogP contribution in [-0.2, 0) is 9.84 Å². The van der Waals surface area contributed by atoms with Crippen LogP contribution in [0.4, 0.5) is 0 Å². The number of hydrogen-bond acceptors (Lipinski definition) is 5. The van der Waals surface area contributed by atoms with Crippen LogP contribution in [0.15, 0.2) is 42.3 Å². The third kappa shape index (κ3) is 2.90. The minimum atomic E-state index is -3.69. The van der Waals surface area contributed by atoms with E-state index in [0.717, 1.165) is 5.41 Å². The van der Waals surface area contributed by atoms with Crippen molar-refractivity contribution in [1.82, 2.24) is 4.90 Å². The molecule has 0 heterocycles. The predicted octanol–water partition coefficient (Wildman–Crippen LogP) is 0.798. The van der Waals surface area contributed by atoms with Crippen LogP contribution in [0.25, 0.3) is 0 Å². The number of hydrogen-bond donors (Lipinski definition) is 1. The average molecular weight is 270 g/mol. The number of ether oxygens (including phenoxy) is 1. The Morgan fingerprint density at radius 3 is 2.39 bits per heavy atom. The molecule has 100 valence electrons. The molecule has 5 nitrogen and oxygen atoms in total. The van der Waals surface area contributed by atoms with E-state index in [-0.39, 0.29) is 6.61 Å². The van der Waals surface area contributed by atoms with Gasteiger partial charge in [0.1, 0.15) is 12.4 Å². The van der Waals surface area contributed by atoms with Gasteiger partial charge in [-0.1, -0.05) is 24.8 Å². The molecule has 0 radical (unpaired) electrons. The first kappa shape index (κ1) is 14.7. The third-order valence-electron chi connectivity index (χ3n) is 2.66. The van der Waals surface area contributed by atoms with Gasteiger partial charge in [-0.3, -0.25) is 10.6 Å². The highest BCUT2D eigenvalue weighted by molar-refractivity contribution is 7.95. The first-order valence-corrected chi connectivity index (χ1v) is 6.89. The second-order valence-corrected chi connectivity index (χ2v) is 6.18. The van der Waals surface area contributed by atoms with Gasteiger partial charge in [0.25, 0.3) is 0 Å². The Kier molecular flexibility index (Phi) is 4.50. The van der Waals surface area contributed by atoms with Crippen molar-refractivity contribution < 1.29 is 13.2 Å². The summed E-state index contributed by atoms with van der Waals surface area (Å²) in [5.74, 6) is 0.563. The molecule has 1 unspecified atom stereocenters. The van der Waals surface area contributed by atoms with Crippen LogP contribution < -0.4 is 10.5 Å². The maximum Gasteiger partial charge on any atom is 0.212 e. The molecule has 1 atom stereocenters. The van der Waals surface area contributed by atoms with Gasteiger partial charge in [-0.15, -0.1) is 0 Å². The highest BCUT2D eigenvalue weighted by Gasteiger charge is 2.41. The van der Waals surface area contributed by atoms with E-state index >= 15 is 0 Å². The summed E-state index contributed by atoms with van der Waals surface area (Å²) >= 11 is 0. The Morgan fingerprint density at radius 1 is 1.39 bits per heavy atom. The largest absolute Gasteiger partial charge is 0.489 e. The Hall–Kier alpha value is -1.37. The molecule has 0 aliphatic rings. The molecule has 0 saturated heterocycles. The number of para-hydroxylation sites is 1. The molecule has 0 bridgehead atoms. The zero-order valence-corrected chi connectivity index (χ0v) is 11.4. The smallest absolute Gasteiger partial charge is 0.212 e. The molecular weight excluding hydrogens is 252 g/mol.